The molecule has 0 aliphatic carbocycles. The molecule has 0 spiro atoms. The van der Waals surface area contributed by atoms with Crippen LogP contribution in [0.25, 0.3) is 10.9 Å². The molecule has 5 heteroatoms. The van der Waals surface area contributed by atoms with E-state index in [9.17, 15) is 4.39 Å². The third-order valence-electron chi connectivity index (χ3n) is 3.17. The molecule has 0 unspecified atom stereocenters. The summed E-state index contributed by atoms with van der Waals surface area (Å²) in [5.41, 5.74) is 8.53. The van der Waals surface area contributed by atoms with Crippen molar-refractivity contribution < 1.29 is 4.39 Å². The van der Waals surface area contributed by atoms with E-state index in [0.29, 0.717) is 11.4 Å². The molecule has 3 nitrogen and oxygen atoms in total. The van der Waals surface area contributed by atoms with Gasteiger partial charge >= 0.3 is 0 Å². The van der Waals surface area contributed by atoms with Gasteiger partial charge in [0.1, 0.15) is 5.82 Å². The molecule has 0 atom stereocenters. The van der Waals surface area contributed by atoms with E-state index in [1.54, 1.807) is 6.07 Å². The number of hydrogen-bond acceptors (Lipinski definition) is 3. The number of rotatable bonds is 3. The van der Waals surface area contributed by atoms with Crippen LogP contribution in [0.4, 0.5) is 10.1 Å². The third kappa shape index (κ3) is 2.36. The molecule has 20 heavy (non-hydrogen) atoms. The lowest BCUT2D eigenvalue weighted by Gasteiger charge is -2.04. The van der Waals surface area contributed by atoms with Crippen LogP contribution >= 0.6 is 11.8 Å². The molecule has 1 aromatic heterocycles. The Bertz CT molecular complexity index is 767. The molecule has 1 heterocycles. The molecule has 0 saturated heterocycles. The Balaban J connectivity index is 1.89. The molecule has 0 aliphatic heterocycles. The fraction of sp³-hybridized carbons (Fsp3) is 0.133. The van der Waals surface area contributed by atoms with Crippen LogP contribution in [0.1, 0.15) is 5.69 Å². The summed E-state index contributed by atoms with van der Waals surface area (Å²) < 4.78 is 15.1. The van der Waals surface area contributed by atoms with Crippen molar-refractivity contribution >= 4 is 28.4 Å². The molecule has 2 N–H and O–H groups in total. The second-order valence-corrected chi connectivity index (χ2v) is 5.58. The molecule has 102 valence electrons. The van der Waals surface area contributed by atoms with Crippen LogP contribution in [0.5, 0.6) is 0 Å². The summed E-state index contributed by atoms with van der Waals surface area (Å²) in [6, 6.07) is 12.5. The van der Waals surface area contributed by atoms with Gasteiger partial charge in [0.25, 0.3) is 0 Å². The number of benzene rings is 2. The van der Waals surface area contributed by atoms with E-state index in [1.807, 2.05) is 36.0 Å². The van der Waals surface area contributed by atoms with Crippen LogP contribution in [0.2, 0.25) is 0 Å². The van der Waals surface area contributed by atoms with Crippen LogP contribution in [0, 0.1) is 5.82 Å². The quantitative estimate of drug-likeness (QED) is 0.591. The SMILES string of the molecule is Cn1nc(CSc2cc(F)ccc2N)c2ccccc21. The number of hydrogen-bond donors (Lipinski definition) is 1. The van der Waals surface area contributed by atoms with Crippen molar-refractivity contribution in [2.75, 3.05) is 5.73 Å². The number of aromatic nitrogens is 2. The molecule has 0 radical (unpaired) electrons. The molecule has 2 aromatic carbocycles. The Kier molecular flexibility index (Phi) is 3.36. The molecule has 0 aliphatic rings. The number of anilines is 1. The van der Waals surface area contributed by atoms with Gasteiger partial charge in [-0.2, -0.15) is 5.10 Å². The zero-order valence-electron chi connectivity index (χ0n) is 11.0. The van der Waals surface area contributed by atoms with Gasteiger partial charge in [-0.15, -0.1) is 11.8 Å². The van der Waals surface area contributed by atoms with Gasteiger partial charge < -0.3 is 5.73 Å². The fourth-order valence-corrected chi connectivity index (χ4v) is 3.11. The van der Waals surface area contributed by atoms with E-state index >= 15 is 0 Å². The highest BCUT2D eigenvalue weighted by Gasteiger charge is 2.09. The number of thioether (sulfide) groups is 1. The van der Waals surface area contributed by atoms with Crippen LogP contribution < -0.4 is 5.73 Å². The average molecular weight is 287 g/mol. The maximum Gasteiger partial charge on any atom is 0.124 e. The van der Waals surface area contributed by atoms with E-state index < -0.39 is 0 Å². The highest BCUT2D eigenvalue weighted by Crippen LogP contribution is 2.30. The second kappa shape index (κ2) is 5.17. The van der Waals surface area contributed by atoms with Crippen molar-refractivity contribution in [1.29, 1.82) is 0 Å². The summed E-state index contributed by atoms with van der Waals surface area (Å²) in [5.74, 6) is 0.391. The predicted octanol–water partition coefficient (Wildman–Crippen LogP) is 3.59. The van der Waals surface area contributed by atoms with Crippen molar-refractivity contribution in [3.05, 3.63) is 54.0 Å². The smallest absolute Gasteiger partial charge is 0.124 e. The largest absolute Gasteiger partial charge is 0.398 e. The molecule has 3 rings (SSSR count). The fourth-order valence-electron chi connectivity index (χ4n) is 2.17. The Labute approximate surface area is 120 Å². The minimum atomic E-state index is -0.271. The van der Waals surface area contributed by atoms with Gasteiger partial charge in [0.05, 0.1) is 11.2 Å². The molecular formula is C15H14FN3S. The number of halogens is 1. The summed E-state index contributed by atoms with van der Waals surface area (Å²) >= 11 is 1.50. The number of aryl methyl sites for hydroxylation is 1. The van der Waals surface area contributed by atoms with E-state index in [1.165, 1.54) is 23.9 Å². The summed E-state index contributed by atoms with van der Waals surface area (Å²) in [5, 5.41) is 5.64. The maximum absolute atomic E-state index is 13.2. The molecule has 0 bridgehead atoms. The van der Waals surface area contributed by atoms with Crippen LogP contribution in [0.3, 0.4) is 0 Å². The zero-order valence-corrected chi connectivity index (χ0v) is 11.8. The van der Waals surface area contributed by atoms with Crippen molar-refractivity contribution in [3.63, 3.8) is 0 Å². The average Bonchev–Trinajstić information content (AvgIpc) is 2.77. The monoisotopic (exact) mass is 287 g/mol. The highest BCUT2D eigenvalue weighted by molar-refractivity contribution is 7.98. The molecule has 0 saturated carbocycles. The van der Waals surface area contributed by atoms with Gasteiger partial charge in [0, 0.05) is 28.8 Å². The zero-order chi connectivity index (χ0) is 14.1. The number of nitrogens with two attached hydrogens (primary N) is 1. The minimum absolute atomic E-state index is 0.271. The maximum atomic E-state index is 13.2. The second-order valence-electron chi connectivity index (χ2n) is 4.56. The molecule has 0 amide bonds. The van der Waals surface area contributed by atoms with Gasteiger partial charge in [0.2, 0.25) is 0 Å². The van der Waals surface area contributed by atoms with Gasteiger partial charge in [-0.05, 0) is 24.3 Å². The van der Waals surface area contributed by atoms with Crippen molar-refractivity contribution in [3.8, 4) is 0 Å². The van der Waals surface area contributed by atoms with Crippen molar-refractivity contribution in [2.45, 2.75) is 10.6 Å². The number of para-hydroxylation sites is 1. The predicted molar refractivity (Wildman–Crippen MR) is 81.1 cm³/mol. The van der Waals surface area contributed by atoms with Gasteiger partial charge in [-0.1, -0.05) is 18.2 Å². The normalized spacial score (nSPS) is 11.1. The Hall–Kier alpha value is -2.01. The summed E-state index contributed by atoms with van der Waals surface area (Å²) in [6.07, 6.45) is 0. The van der Waals surface area contributed by atoms with E-state index in [4.69, 9.17) is 5.73 Å². The molecular weight excluding hydrogens is 273 g/mol. The number of nitrogens with zero attached hydrogens (tertiary/aromatic N) is 2. The van der Waals surface area contributed by atoms with Crippen LogP contribution in [-0.4, -0.2) is 9.78 Å². The molecule has 0 fully saturated rings. The first kappa shape index (κ1) is 13.0. The first-order chi connectivity index (χ1) is 9.65. The van der Waals surface area contributed by atoms with E-state index in [-0.39, 0.29) is 5.82 Å². The first-order valence-corrected chi connectivity index (χ1v) is 7.22. The third-order valence-corrected chi connectivity index (χ3v) is 4.26. The Morgan fingerprint density at radius 2 is 2.05 bits per heavy atom. The Morgan fingerprint density at radius 3 is 2.90 bits per heavy atom. The lowest BCUT2D eigenvalue weighted by Crippen LogP contribution is -1.92. The summed E-state index contributed by atoms with van der Waals surface area (Å²) in [7, 11) is 1.92. The van der Waals surface area contributed by atoms with Crippen molar-refractivity contribution in [2.24, 2.45) is 7.05 Å². The lowest BCUT2D eigenvalue weighted by molar-refractivity contribution is 0.624. The minimum Gasteiger partial charge on any atom is -0.398 e. The summed E-state index contributed by atoms with van der Waals surface area (Å²) in [6.45, 7) is 0. The van der Waals surface area contributed by atoms with Gasteiger partial charge in [0.15, 0.2) is 0 Å². The van der Waals surface area contributed by atoms with Crippen LogP contribution in [0.15, 0.2) is 47.4 Å². The Morgan fingerprint density at radius 1 is 1.25 bits per heavy atom. The van der Waals surface area contributed by atoms with Crippen molar-refractivity contribution in [1.82, 2.24) is 9.78 Å². The van der Waals surface area contributed by atoms with E-state index in [0.717, 1.165) is 21.5 Å². The molecule has 3 aromatic rings. The standard InChI is InChI=1S/C15H14FN3S/c1-19-14-5-3-2-4-11(14)13(18-19)9-20-15-8-10(16)6-7-12(15)17/h2-8H,9,17H2,1H3. The highest BCUT2D eigenvalue weighted by atomic mass is 32.2. The first-order valence-electron chi connectivity index (χ1n) is 6.23. The van der Waals surface area contributed by atoms with Gasteiger partial charge in [-0.3, -0.25) is 4.68 Å². The van der Waals surface area contributed by atoms with Crippen LogP contribution in [-0.2, 0) is 12.8 Å². The topological polar surface area (TPSA) is 43.8 Å². The lowest BCUT2D eigenvalue weighted by atomic mass is 10.2. The number of fused-ring (bicyclic) bond motifs is 1. The van der Waals surface area contributed by atoms with E-state index in [2.05, 4.69) is 5.10 Å². The number of nitrogen functional groups attached to an aromatic ring is 1. The van der Waals surface area contributed by atoms with Gasteiger partial charge in [-0.25, -0.2) is 4.39 Å². The summed E-state index contributed by atoms with van der Waals surface area (Å²) in [4.78, 5) is 0.750.